The average Bonchev–Trinajstić information content (AvgIpc) is 3.00. The summed E-state index contributed by atoms with van der Waals surface area (Å²) >= 11 is 0. The zero-order chi connectivity index (χ0) is 14.9. The highest BCUT2D eigenvalue weighted by molar-refractivity contribution is 5.85. The minimum absolute atomic E-state index is 0. The maximum absolute atomic E-state index is 11.8. The minimum atomic E-state index is 0. The number of amides is 1. The second kappa shape index (κ2) is 10.5. The second-order valence-corrected chi connectivity index (χ2v) is 5.62. The molecule has 1 amide bonds. The first-order chi connectivity index (χ1) is 10.3. The molecule has 1 aliphatic carbocycles. The SMILES string of the molecule is CNCCCC(=O)NCc1ccccc1OC1CCCC1.Cl. The summed E-state index contributed by atoms with van der Waals surface area (Å²) in [5.74, 6) is 1.01. The Kier molecular flexibility index (Phi) is 8.94. The molecule has 1 aliphatic rings. The lowest BCUT2D eigenvalue weighted by molar-refractivity contribution is -0.121. The van der Waals surface area contributed by atoms with Crippen molar-refractivity contribution in [3.63, 3.8) is 0 Å². The first-order valence-corrected chi connectivity index (χ1v) is 7.95. The van der Waals surface area contributed by atoms with Crippen LogP contribution in [-0.2, 0) is 11.3 Å². The minimum Gasteiger partial charge on any atom is -0.490 e. The number of carbonyl (C=O) groups is 1. The monoisotopic (exact) mass is 326 g/mol. The van der Waals surface area contributed by atoms with Crippen LogP contribution in [-0.4, -0.2) is 25.6 Å². The highest BCUT2D eigenvalue weighted by Gasteiger charge is 2.17. The smallest absolute Gasteiger partial charge is 0.220 e. The number of hydrogen-bond acceptors (Lipinski definition) is 3. The molecule has 124 valence electrons. The van der Waals surface area contributed by atoms with E-state index in [1.54, 1.807) is 0 Å². The molecule has 22 heavy (non-hydrogen) atoms. The Morgan fingerprint density at radius 2 is 2.00 bits per heavy atom. The molecule has 0 unspecified atom stereocenters. The van der Waals surface area contributed by atoms with E-state index in [0.29, 0.717) is 19.1 Å². The van der Waals surface area contributed by atoms with Crippen molar-refractivity contribution in [2.75, 3.05) is 13.6 Å². The number of ether oxygens (including phenoxy) is 1. The quantitative estimate of drug-likeness (QED) is 0.722. The molecule has 0 aromatic heterocycles. The Morgan fingerprint density at radius 3 is 2.73 bits per heavy atom. The lowest BCUT2D eigenvalue weighted by Crippen LogP contribution is -2.24. The standard InChI is InChI=1S/C17H26N2O2.ClH/c1-18-12-6-11-17(20)19-13-14-7-2-5-10-16(14)21-15-8-3-4-9-15;/h2,5,7,10,15,18H,3-4,6,8-9,11-13H2,1H3,(H,19,20);1H. The predicted molar refractivity (Wildman–Crippen MR) is 91.6 cm³/mol. The molecule has 2 rings (SSSR count). The summed E-state index contributed by atoms with van der Waals surface area (Å²) < 4.78 is 6.08. The van der Waals surface area contributed by atoms with Crippen LogP contribution in [0.2, 0.25) is 0 Å². The molecule has 5 heteroatoms. The number of hydrogen-bond donors (Lipinski definition) is 2. The van der Waals surface area contributed by atoms with E-state index in [0.717, 1.165) is 37.1 Å². The van der Waals surface area contributed by atoms with Crippen molar-refractivity contribution >= 4 is 18.3 Å². The van der Waals surface area contributed by atoms with Crippen molar-refractivity contribution in [3.8, 4) is 5.75 Å². The topological polar surface area (TPSA) is 50.4 Å². The molecule has 0 aliphatic heterocycles. The van der Waals surface area contributed by atoms with Gasteiger partial charge in [0, 0.05) is 18.5 Å². The highest BCUT2D eigenvalue weighted by atomic mass is 35.5. The Morgan fingerprint density at radius 1 is 1.27 bits per heavy atom. The van der Waals surface area contributed by atoms with Crippen LogP contribution in [0.4, 0.5) is 0 Å². The average molecular weight is 327 g/mol. The van der Waals surface area contributed by atoms with Gasteiger partial charge in [0.1, 0.15) is 5.75 Å². The molecule has 1 fully saturated rings. The van der Waals surface area contributed by atoms with Crippen molar-refractivity contribution in [3.05, 3.63) is 29.8 Å². The van der Waals surface area contributed by atoms with E-state index in [-0.39, 0.29) is 18.3 Å². The van der Waals surface area contributed by atoms with Gasteiger partial charge in [0.15, 0.2) is 0 Å². The second-order valence-electron chi connectivity index (χ2n) is 5.62. The van der Waals surface area contributed by atoms with Crippen LogP contribution in [0.5, 0.6) is 5.75 Å². The molecule has 1 aromatic carbocycles. The summed E-state index contributed by atoms with van der Waals surface area (Å²) in [5, 5.41) is 6.02. The number of benzene rings is 1. The molecular weight excluding hydrogens is 300 g/mol. The molecule has 4 nitrogen and oxygen atoms in total. The Hall–Kier alpha value is -1.26. The van der Waals surface area contributed by atoms with Gasteiger partial charge in [0.25, 0.3) is 0 Å². The number of nitrogens with one attached hydrogen (secondary N) is 2. The lowest BCUT2D eigenvalue weighted by Gasteiger charge is -2.16. The van der Waals surface area contributed by atoms with Gasteiger partial charge in [0.05, 0.1) is 6.10 Å². The summed E-state index contributed by atoms with van der Waals surface area (Å²) in [4.78, 5) is 11.8. The summed E-state index contributed by atoms with van der Waals surface area (Å²) in [6, 6.07) is 8.01. The number of para-hydroxylation sites is 1. The van der Waals surface area contributed by atoms with Crippen LogP contribution in [0, 0.1) is 0 Å². The van der Waals surface area contributed by atoms with E-state index in [1.165, 1.54) is 12.8 Å². The fourth-order valence-electron chi connectivity index (χ4n) is 2.66. The summed E-state index contributed by atoms with van der Waals surface area (Å²) in [6.07, 6.45) is 6.58. The van der Waals surface area contributed by atoms with Crippen LogP contribution < -0.4 is 15.4 Å². The third-order valence-electron chi connectivity index (χ3n) is 3.88. The van der Waals surface area contributed by atoms with Crippen LogP contribution in [0.3, 0.4) is 0 Å². The molecule has 0 radical (unpaired) electrons. The van der Waals surface area contributed by atoms with Crippen LogP contribution in [0.25, 0.3) is 0 Å². The van der Waals surface area contributed by atoms with E-state index in [2.05, 4.69) is 10.6 Å². The van der Waals surface area contributed by atoms with E-state index >= 15 is 0 Å². The van der Waals surface area contributed by atoms with Crippen LogP contribution in [0.1, 0.15) is 44.1 Å². The van der Waals surface area contributed by atoms with Gasteiger partial charge < -0.3 is 15.4 Å². The third kappa shape index (κ3) is 6.24. The molecule has 2 N–H and O–H groups in total. The van der Waals surface area contributed by atoms with E-state index in [1.807, 2.05) is 31.3 Å². The van der Waals surface area contributed by atoms with Gasteiger partial charge in [-0.25, -0.2) is 0 Å². The number of rotatable bonds is 8. The summed E-state index contributed by atoms with van der Waals surface area (Å²) in [7, 11) is 1.90. The molecule has 1 saturated carbocycles. The van der Waals surface area contributed by atoms with Crippen molar-refractivity contribution in [2.45, 2.75) is 51.2 Å². The molecule has 0 saturated heterocycles. The highest BCUT2D eigenvalue weighted by Crippen LogP contribution is 2.26. The number of halogens is 1. The van der Waals surface area contributed by atoms with Gasteiger partial charge >= 0.3 is 0 Å². The predicted octanol–water partition coefficient (Wildman–Crippen LogP) is 3.05. The third-order valence-corrected chi connectivity index (χ3v) is 3.88. The van der Waals surface area contributed by atoms with Gasteiger partial charge in [0.2, 0.25) is 5.91 Å². The fraction of sp³-hybridized carbons (Fsp3) is 0.588. The van der Waals surface area contributed by atoms with Crippen molar-refractivity contribution in [1.82, 2.24) is 10.6 Å². The van der Waals surface area contributed by atoms with E-state index in [9.17, 15) is 4.79 Å². The van der Waals surface area contributed by atoms with Gasteiger partial charge in [-0.1, -0.05) is 18.2 Å². The van der Waals surface area contributed by atoms with E-state index in [4.69, 9.17) is 4.74 Å². The Labute approximate surface area is 139 Å². The maximum Gasteiger partial charge on any atom is 0.220 e. The lowest BCUT2D eigenvalue weighted by atomic mass is 10.2. The van der Waals surface area contributed by atoms with Crippen LogP contribution >= 0.6 is 12.4 Å². The fourth-order valence-corrected chi connectivity index (χ4v) is 2.66. The summed E-state index contributed by atoms with van der Waals surface area (Å²) in [6.45, 7) is 1.41. The van der Waals surface area contributed by atoms with E-state index < -0.39 is 0 Å². The van der Waals surface area contributed by atoms with Gasteiger partial charge in [-0.2, -0.15) is 0 Å². The Balaban J connectivity index is 0.00000242. The normalized spacial score (nSPS) is 14.4. The largest absolute Gasteiger partial charge is 0.490 e. The molecule has 0 spiro atoms. The number of carbonyl (C=O) groups excluding carboxylic acids is 1. The first kappa shape index (κ1) is 18.8. The molecular formula is C17H27ClN2O2. The molecule has 1 aromatic rings. The Bertz CT molecular complexity index is 448. The van der Waals surface area contributed by atoms with Crippen molar-refractivity contribution in [1.29, 1.82) is 0 Å². The first-order valence-electron chi connectivity index (χ1n) is 7.95. The van der Waals surface area contributed by atoms with Gasteiger partial charge in [-0.15, -0.1) is 12.4 Å². The zero-order valence-corrected chi connectivity index (χ0v) is 14.1. The van der Waals surface area contributed by atoms with Crippen molar-refractivity contribution in [2.24, 2.45) is 0 Å². The van der Waals surface area contributed by atoms with Gasteiger partial charge in [-0.05, 0) is 51.8 Å². The summed E-state index contributed by atoms with van der Waals surface area (Å²) in [5.41, 5.74) is 1.06. The molecule has 0 heterocycles. The maximum atomic E-state index is 11.8. The molecule has 0 atom stereocenters. The van der Waals surface area contributed by atoms with Gasteiger partial charge in [-0.3, -0.25) is 4.79 Å². The molecule has 0 bridgehead atoms. The van der Waals surface area contributed by atoms with Crippen molar-refractivity contribution < 1.29 is 9.53 Å². The van der Waals surface area contributed by atoms with Crippen LogP contribution in [0.15, 0.2) is 24.3 Å². The zero-order valence-electron chi connectivity index (χ0n) is 13.3.